The second-order valence-electron chi connectivity index (χ2n) is 7.59. The van der Waals surface area contributed by atoms with E-state index in [1.54, 1.807) is 4.90 Å². The fourth-order valence-corrected chi connectivity index (χ4v) is 3.94. The number of amides is 2. The van der Waals surface area contributed by atoms with Crippen LogP contribution in [-0.4, -0.2) is 66.3 Å². The summed E-state index contributed by atoms with van der Waals surface area (Å²) in [5.74, 6) is 0.0311. The normalized spacial score (nSPS) is 16.5. The van der Waals surface area contributed by atoms with E-state index in [0.717, 1.165) is 22.8 Å². The molecule has 8 nitrogen and oxygen atoms in total. The third-order valence-electron chi connectivity index (χ3n) is 5.49. The average Bonchev–Trinajstić information content (AvgIpc) is 2.75. The Hall–Kier alpha value is -3.13. The molecule has 2 amide bonds. The molecule has 1 aliphatic rings. The summed E-state index contributed by atoms with van der Waals surface area (Å²) in [6.45, 7) is 1.97. The number of aliphatic imine (C=N–C) groups is 1. The van der Waals surface area contributed by atoms with Gasteiger partial charge in [0.1, 0.15) is 0 Å². The lowest BCUT2D eigenvalue weighted by Gasteiger charge is -2.41. The number of hydrogen-bond donors (Lipinski definition) is 3. The van der Waals surface area contributed by atoms with Gasteiger partial charge in [-0.2, -0.15) is 0 Å². The van der Waals surface area contributed by atoms with Gasteiger partial charge < -0.3 is 27.0 Å². The summed E-state index contributed by atoms with van der Waals surface area (Å²) >= 11 is 0. The third kappa shape index (κ3) is 5.48. The molecule has 0 radical (unpaired) electrons. The molecule has 1 unspecified atom stereocenters. The number of benzene rings is 2. The van der Waals surface area contributed by atoms with Crippen LogP contribution in [0.1, 0.15) is 18.4 Å². The van der Waals surface area contributed by atoms with E-state index in [0.29, 0.717) is 39.0 Å². The molecular formula is C22H30N6O2. The molecule has 1 heterocycles. The van der Waals surface area contributed by atoms with Crippen LogP contribution in [0, 0.1) is 0 Å². The molecule has 0 saturated carbocycles. The number of carbonyl (C=O) groups is 2. The molecule has 0 aromatic heterocycles. The fourth-order valence-electron chi connectivity index (χ4n) is 3.94. The summed E-state index contributed by atoms with van der Waals surface area (Å²) in [6.07, 6.45) is 1.78. The lowest BCUT2D eigenvalue weighted by molar-refractivity contribution is -0.142. The summed E-state index contributed by atoms with van der Waals surface area (Å²) in [6, 6.07) is 14.1. The summed E-state index contributed by atoms with van der Waals surface area (Å²) in [7, 11) is 0. The zero-order chi connectivity index (χ0) is 21.5. The topological polar surface area (TPSA) is 131 Å². The van der Waals surface area contributed by atoms with Gasteiger partial charge in [0.25, 0.3) is 0 Å². The SMILES string of the molecule is NCC(=O)N1CCN(C(=O)Cc2ccc3ccccc3c2)CC1CCCN=C(N)N. The monoisotopic (exact) mass is 410 g/mol. The minimum absolute atomic E-state index is 0.0323. The number of guanidine groups is 1. The zero-order valence-corrected chi connectivity index (χ0v) is 17.2. The molecule has 8 heteroatoms. The molecule has 1 fully saturated rings. The molecule has 1 saturated heterocycles. The van der Waals surface area contributed by atoms with Crippen molar-refractivity contribution in [3.63, 3.8) is 0 Å². The quantitative estimate of drug-likeness (QED) is 0.346. The van der Waals surface area contributed by atoms with E-state index in [1.165, 1.54) is 0 Å². The van der Waals surface area contributed by atoms with Crippen molar-refractivity contribution >= 4 is 28.5 Å². The van der Waals surface area contributed by atoms with Gasteiger partial charge in [-0.15, -0.1) is 0 Å². The Morgan fingerprint density at radius 1 is 1.03 bits per heavy atom. The van der Waals surface area contributed by atoms with Gasteiger partial charge in [-0.1, -0.05) is 42.5 Å². The highest BCUT2D eigenvalue weighted by Crippen LogP contribution is 2.19. The van der Waals surface area contributed by atoms with Crippen molar-refractivity contribution in [2.24, 2.45) is 22.2 Å². The lowest BCUT2D eigenvalue weighted by atomic mass is 10.0. The van der Waals surface area contributed by atoms with Crippen LogP contribution in [0.2, 0.25) is 0 Å². The van der Waals surface area contributed by atoms with Crippen LogP contribution < -0.4 is 17.2 Å². The first kappa shape index (κ1) is 21.6. The van der Waals surface area contributed by atoms with E-state index in [2.05, 4.69) is 17.1 Å². The standard InChI is InChI=1S/C22H30N6O2/c23-14-21(30)28-11-10-27(15-19(28)6-3-9-26-22(24)25)20(29)13-16-7-8-17-4-1-2-5-18(17)12-16/h1-2,4-5,7-8,12,19H,3,6,9-11,13-15,23H2,(H4,24,25,26). The minimum atomic E-state index is -0.0940. The highest BCUT2D eigenvalue weighted by atomic mass is 16.2. The maximum Gasteiger partial charge on any atom is 0.236 e. The van der Waals surface area contributed by atoms with E-state index in [9.17, 15) is 9.59 Å². The number of fused-ring (bicyclic) bond motifs is 1. The van der Waals surface area contributed by atoms with Crippen molar-refractivity contribution in [3.8, 4) is 0 Å². The Labute approximate surface area is 176 Å². The Morgan fingerprint density at radius 2 is 1.80 bits per heavy atom. The maximum absolute atomic E-state index is 13.0. The highest BCUT2D eigenvalue weighted by molar-refractivity contribution is 5.85. The van der Waals surface area contributed by atoms with Crippen LogP contribution >= 0.6 is 0 Å². The smallest absolute Gasteiger partial charge is 0.236 e. The Balaban J connectivity index is 1.64. The second-order valence-corrected chi connectivity index (χ2v) is 7.59. The maximum atomic E-state index is 13.0. The van der Waals surface area contributed by atoms with Gasteiger partial charge in [0, 0.05) is 32.2 Å². The van der Waals surface area contributed by atoms with E-state index < -0.39 is 0 Å². The molecule has 1 aliphatic heterocycles. The summed E-state index contributed by atoms with van der Waals surface area (Å²) < 4.78 is 0. The molecule has 1 atom stereocenters. The van der Waals surface area contributed by atoms with E-state index in [1.807, 2.05) is 35.2 Å². The highest BCUT2D eigenvalue weighted by Gasteiger charge is 2.31. The van der Waals surface area contributed by atoms with Gasteiger partial charge in [-0.25, -0.2) is 0 Å². The van der Waals surface area contributed by atoms with Gasteiger partial charge in [0.15, 0.2) is 5.96 Å². The fraction of sp³-hybridized carbons (Fsp3) is 0.409. The molecule has 30 heavy (non-hydrogen) atoms. The van der Waals surface area contributed by atoms with Crippen LogP contribution in [0.15, 0.2) is 47.5 Å². The minimum Gasteiger partial charge on any atom is -0.370 e. The number of nitrogens with zero attached hydrogens (tertiary/aromatic N) is 3. The van der Waals surface area contributed by atoms with Crippen molar-refractivity contribution in [1.29, 1.82) is 0 Å². The molecular weight excluding hydrogens is 380 g/mol. The molecule has 2 aromatic rings. The Morgan fingerprint density at radius 3 is 2.53 bits per heavy atom. The summed E-state index contributed by atoms with van der Waals surface area (Å²) in [4.78, 5) is 32.8. The average molecular weight is 411 g/mol. The van der Waals surface area contributed by atoms with Crippen molar-refractivity contribution in [2.75, 3.05) is 32.7 Å². The molecule has 3 rings (SSSR count). The predicted molar refractivity (Wildman–Crippen MR) is 119 cm³/mol. The van der Waals surface area contributed by atoms with E-state index in [4.69, 9.17) is 17.2 Å². The van der Waals surface area contributed by atoms with Crippen LogP contribution in [0.3, 0.4) is 0 Å². The summed E-state index contributed by atoms with van der Waals surface area (Å²) in [5.41, 5.74) is 17.3. The number of carbonyl (C=O) groups excluding carboxylic acids is 2. The van der Waals surface area contributed by atoms with E-state index >= 15 is 0 Å². The summed E-state index contributed by atoms with van der Waals surface area (Å²) in [5, 5.41) is 2.28. The van der Waals surface area contributed by atoms with Gasteiger partial charge in [0.05, 0.1) is 13.0 Å². The molecule has 6 N–H and O–H groups in total. The van der Waals surface area contributed by atoms with Crippen LogP contribution in [0.25, 0.3) is 10.8 Å². The molecule has 160 valence electrons. The lowest BCUT2D eigenvalue weighted by Crippen LogP contribution is -2.57. The van der Waals surface area contributed by atoms with Gasteiger partial charge >= 0.3 is 0 Å². The first-order valence-electron chi connectivity index (χ1n) is 10.3. The number of nitrogens with two attached hydrogens (primary N) is 3. The Bertz CT molecular complexity index is 925. The molecule has 2 aromatic carbocycles. The third-order valence-corrected chi connectivity index (χ3v) is 5.49. The van der Waals surface area contributed by atoms with Gasteiger partial charge in [-0.05, 0) is 29.2 Å². The first-order chi connectivity index (χ1) is 14.5. The second kappa shape index (κ2) is 10.1. The van der Waals surface area contributed by atoms with Crippen molar-refractivity contribution < 1.29 is 9.59 Å². The number of rotatable bonds is 7. The van der Waals surface area contributed by atoms with Crippen LogP contribution in [-0.2, 0) is 16.0 Å². The van der Waals surface area contributed by atoms with E-state index in [-0.39, 0.29) is 30.4 Å². The zero-order valence-electron chi connectivity index (χ0n) is 17.2. The number of piperazine rings is 1. The van der Waals surface area contributed by atoms with Crippen molar-refractivity contribution in [3.05, 3.63) is 48.0 Å². The molecule has 0 aliphatic carbocycles. The number of hydrogen-bond acceptors (Lipinski definition) is 4. The van der Waals surface area contributed by atoms with Crippen molar-refractivity contribution in [1.82, 2.24) is 9.80 Å². The Kier molecular flexibility index (Phi) is 7.24. The van der Waals surface area contributed by atoms with Crippen LogP contribution in [0.4, 0.5) is 0 Å². The van der Waals surface area contributed by atoms with Crippen LogP contribution in [0.5, 0.6) is 0 Å². The van der Waals surface area contributed by atoms with Crippen molar-refractivity contribution in [2.45, 2.75) is 25.3 Å². The molecule has 0 spiro atoms. The largest absolute Gasteiger partial charge is 0.370 e. The van der Waals surface area contributed by atoms with Gasteiger partial charge in [0.2, 0.25) is 11.8 Å². The predicted octanol–water partition coefficient (Wildman–Crippen LogP) is 0.434. The molecule has 0 bridgehead atoms. The first-order valence-corrected chi connectivity index (χ1v) is 10.3. The van der Waals surface area contributed by atoms with Gasteiger partial charge in [-0.3, -0.25) is 14.6 Å².